The molecule has 2 aliphatic rings. The lowest BCUT2D eigenvalue weighted by Crippen LogP contribution is -2.33. The van der Waals surface area contributed by atoms with Crippen molar-refractivity contribution < 1.29 is 13.2 Å². The molecule has 0 saturated carbocycles. The number of allylic oxidation sites excluding steroid dienone is 1. The molecule has 96 valence electrons. The molecule has 0 aromatic heterocycles. The monoisotopic (exact) mass is 246 g/mol. The first kappa shape index (κ1) is 12.6. The Morgan fingerprint density at radius 2 is 2.18 bits per heavy atom. The molecule has 5 heteroatoms. The van der Waals surface area contributed by atoms with Gasteiger partial charge >= 0.3 is 6.18 Å². The number of aliphatic imine (C=N–C) groups is 1. The molecule has 0 amide bonds. The summed E-state index contributed by atoms with van der Waals surface area (Å²) in [5.74, 6) is 0.463. The Morgan fingerprint density at radius 3 is 2.76 bits per heavy atom. The molecule has 2 nitrogen and oxygen atoms in total. The van der Waals surface area contributed by atoms with Crippen LogP contribution in [0.3, 0.4) is 0 Å². The van der Waals surface area contributed by atoms with Gasteiger partial charge in [-0.25, -0.2) is 0 Å². The first-order valence-corrected chi connectivity index (χ1v) is 5.96. The van der Waals surface area contributed by atoms with Crippen molar-refractivity contribution in [1.29, 1.82) is 0 Å². The van der Waals surface area contributed by atoms with Gasteiger partial charge in [0.25, 0.3) is 0 Å². The summed E-state index contributed by atoms with van der Waals surface area (Å²) in [5, 5.41) is 0. The summed E-state index contributed by atoms with van der Waals surface area (Å²) in [6.07, 6.45) is 1.53. The van der Waals surface area contributed by atoms with E-state index in [1.807, 2.05) is 13.0 Å². The van der Waals surface area contributed by atoms with Crippen LogP contribution in [0.4, 0.5) is 13.2 Å². The molecule has 0 aromatic carbocycles. The lowest BCUT2D eigenvalue weighted by Gasteiger charge is -2.19. The fraction of sp³-hybridized carbons (Fsp3) is 0.750. The predicted octanol–water partition coefficient (Wildman–Crippen LogP) is 2.87. The molecule has 1 saturated heterocycles. The highest BCUT2D eigenvalue weighted by Crippen LogP contribution is 2.29. The van der Waals surface area contributed by atoms with Gasteiger partial charge in [-0.3, -0.25) is 9.89 Å². The van der Waals surface area contributed by atoms with Crippen LogP contribution < -0.4 is 0 Å². The van der Waals surface area contributed by atoms with Crippen LogP contribution >= 0.6 is 0 Å². The summed E-state index contributed by atoms with van der Waals surface area (Å²) in [6.45, 7) is 2.24. The van der Waals surface area contributed by atoms with E-state index in [1.165, 1.54) is 4.90 Å². The first-order chi connectivity index (χ1) is 7.96. The van der Waals surface area contributed by atoms with Gasteiger partial charge in [0.1, 0.15) is 0 Å². The Labute approximate surface area is 99.2 Å². The van der Waals surface area contributed by atoms with E-state index in [4.69, 9.17) is 0 Å². The molecule has 0 N–H and O–H groups in total. The van der Waals surface area contributed by atoms with E-state index >= 15 is 0 Å². The lowest BCUT2D eigenvalue weighted by atomic mass is 9.90. The smallest absolute Gasteiger partial charge is 0.294 e. The van der Waals surface area contributed by atoms with Gasteiger partial charge < -0.3 is 0 Å². The van der Waals surface area contributed by atoms with Gasteiger partial charge in [0, 0.05) is 30.9 Å². The second-order valence-corrected chi connectivity index (χ2v) is 4.94. The van der Waals surface area contributed by atoms with Crippen molar-refractivity contribution in [2.45, 2.75) is 25.9 Å². The van der Waals surface area contributed by atoms with E-state index < -0.39 is 12.7 Å². The molecular weight excluding hydrogens is 229 g/mol. The largest absolute Gasteiger partial charge is 0.401 e. The molecular formula is C12H17F3N2. The van der Waals surface area contributed by atoms with E-state index in [2.05, 4.69) is 4.99 Å². The first-order valence-electron chi connectivity index (χ1n) is 5.96. The molecule has 0 aliphatic carbocycles. The maximum Gasteiger partial charge on any atom is 0.401 e. The van der Waals surface area contributed by atoms with Crippen molar-refractivity contribution in [3.05, 3.63) is 12.3 Å². The molecule has 2 unspecified atom stereocenters. The Hall–Kier alpha value is -0.840. The minimum absolute atomic E-state index is 0.197. The van der Waals surface area contributed by atoms with E-state index in [9.17, 15) is 13.2 Å². The van der Waals surface area contributed by atoms with E-state index in [-0.39, 0.29) is 11.8 Å². The zero-order chi connectivity index (χ0) is 12.5. The normalized spacial score (nSPS) is 30.7. The number of alkyl halides is 3. The van der Waals surface area contributed by atoms with Crippen molar-refractivity contribution in [3.63, 3.8) is 0 Å². The number of halogens is 3. The highest BCUT2D eigenvalue weighted by Gasteiger charge is 2.38. The number of hydrogen-bond donors (Lipinski definition) is 0. The van der Waals surface area contributed by atoms with Crippen molar-refractivity contribution in [1.82, 2.24) is 4.90 Å². The van der Waals surface area contributed by atoms with Gasteiger partial charge in [0.2, 0.25) is 0 Å². The van der Waals surface area contributed by atoms with Gasteiger partial charge in [0.15, 0.2) is 0 Å². The molecule has 2 heterocycles. The van der Waals surface area contributed by atoms with Gasteiger partial charge in [-0.15, -0.1) is 0 Å². The van der Waals surface area contributed by atoms with Crippen molar-refractivity contribution in [2.24, 2.45) is 16.8 Å². The number of likely N-dealkylation sites (tertiary alicyclic amines) is 1. The van der Waals surface area contributed by atoms with Gasteiger partial charge in [-0.1, -0.05) is 13.0 Å². The van der Waals surface area contributed by atoms with Crippen LogP contribution in [-0.4, -0.2) is 36.4 Å². The molecule has 0 bridgehead atoms. The van der Waals surface area contributed by atoms with Gasteiger partial charge in [-0.05, 0) is 18.8 Å². The van der Waals surface area contributed by atoms with Crippen LogP contribution in [0, 0.1) is 11.8 Å². The lowest BCUT2D eigenvalue weighted by molar-refractivity contribution is -0.143. The van der Waals surface area contributed by atoms with Crippen LogP contribution in [0.1, 0.15) is 19.8 Å². The number of nitrogens with zero attached hydrogens (tertiary/aromatic N) is 2. The average Bonchev–Trinajstić information content (AvgIpc) is 2.58. The summed E-state index contributed by atoms with van der Waals surface area (Å²) in [7, 11) is 0. The third-order valence-corrected chi connectivity index (χ3v) is 3.43. The van der Waals surface area contributed by atoms with Crippen molar-refractivity contribution >= 4 is 5.71 Å². The fourth-order valence-corrected chi connectivity index (χ4v) is 2.68. The van der Waals surface area contributed by atoms with Crippen LogP contribution in [0.25, 0.3) is 0 Å². The van der Waals surface area contributed by atoms with Crippen LogP contribution in [-0.2, 0) is 0 Å². The molecule has 1 fully saturated rings. The Morgan fingerprint density at radius 1 is 1.41 bits per heavy atom. The SMILES string of the molecule is CC1CN(CC(F)(F)F)CC1C1=NC=CCC1. The Kier molecular flexibility index (Phi) is 3.56. The van der Waals surface area contributed by atoms with Crippen LogP contribution in [0.15, 0.2) is 17.3 Å². The van der Waals surface area contributed by atoms with Gasteiger partial charge in [-0.2, -0.15) is 13.2 Å². The predicted molar refractivity (Wildman–Crippen MR) is 61.0 cm³/mol. The third-order valence-electron chi connectivity index (χ3n) is 3.43. The summed E-state index contributed by atoms with van der Waals surface area (Å²) in [5.41, 5.74) is 1.07. The standard InChI is InChI=1S/C12H17F3N2/c1-9-6-17(8-12(13,14)15)7-10(9)11-4-2-3-5-16-11/h3,5,9-10H,2,4,6-8H2,1H3. The van der Waals surface area contributed by atoms with Crippen molar-refractivity contribution in [2.75, 3.05) is 19.6 Å². The maximum atomic E-state index is 12.3. The number of hydrogen-bond acceptors (Lipinski definition) is 2. The fourth-order valence-electron chi connectivity index (χ4n) is 2.68. The Balaban J connectivity index is 1.97. The van der Waals surface area contributed by atoms with Crippen molar-refractivity contribution in [3.8, 4) is 0 Å². The maximum absolute atomic E-state index is 12.3. The topological polar surface area (TPSA) is 15.6 Å². The summed E-state index contributed by atoms with van der Waals surface area (Å²) >= 11 is 0. The van der Waals surface area contributed by atoms with Crippen LogP contribution in [0.5, 0.6) is 0 Å². The zero-order valence-electron chi connectivity index (χ0n) is 9.87. The molecule has 17 heavy (non-hydrogen) atoms. The zero-order valence-corrected chi connectivity index (χ0v) is 9.87. The van der Waals surface area contributed by atoms with Crippen LogP contribution in [0.2, 0.25) is 0 Å². The average molecular weight is 246 g/mol. The minimum atomic E-state index is -4.09. The van der Waals surface area contributed by atoms with E-state index in [0.717, 1.165) is 18.6 Å². The third kappa shape index (κ3) is 3.31. The minimum Gasteiger partial charge on any atom is -0.294 e. The summed E-state index contributed by atoms with van der Waals surface area (Å²) in [6, 6.07) is 0. The summed E-state index contributed by atoms with van der Waals surface area (Å²) < 4.78 is 37.0. The second kappa shape index (κ2) is 4.80. The Bertz CT molecular complexity index is 333. The molecule has 0 spiro atoms. The second-order valence-electron chi connectivity index (χ2n) is 4.94. The molecule has 2 rings (SSSR count). The summed E-state index contributed by atoms with van der Waals surface area (Å²) in [4.78, 5) is 5.82. The van der Waals surface area contributed by atoms with E-state index in [0.29, 0.717) is 13.1 Å². The van der Waals surface area contributed by atoms with Gasteiger partial charge in [0.05, 0.1) is 6.54 Å². The molecule has 2 aliphatic heterocycles. The highest BCUT2D eigenvalue weighted by molar-refractivity contribution is 5.88. The highest BCUT2D eigenvalue weighted by atomic mass is 19.4. The number of rotatable bonds is 2. The molecule has 0 aromatic rings. The quantitative estimate of drug-likeness (QED) is 0.731. The van der Waals surface area contributed by atoms with E-state index in [1.54, 1.807) is 6.20 Å². The molecule has 2 atom stereocenters. The molecule has 0 radical (unpaired) electrons.